The lowest BCUT2D eigenvalue weighted by Gasteiger charge is -2.21. The highest BCUT2D eigenvalue weighted by Crippen LogP contribution is 2.23. The summed E-state index contributed by atoms with van der Waals surface area (Å²) < 4.78 is 0.979. The molecule has 0 aliphatic heterocycles. The minimum absolute atomic E-state index is 0.0116. The Labute approximate surface area is 110 Å². The van der Waals surface area contributed by atoms with Crippen molar-refractivity contribution < 1.29 is 4.79 Å². The first-order valence-electron chi connectivity index (χ1n) is 5.54. The molecule has 0 bridgehead atoms. The second kappa shape index (κ2) is 6.61. The van der Waals surface area contributed by atoms with Crippen LogP contribution in [0.4, 0.5) is 5.69 Å². The Morgan fingerprint density at radius 1 is 1.53 bits per heavy atom. The normalized spacial score (nSPS) is 10.6. The Morgan fingerprint density at radius 3 is 2.76 bits per heavy atom. The number of hydrogen-bond donors (Lipinski definition) is 2. The molecule has 94 valence electrons. The van der Waals surface area contributed by atoms with E-state index in [1.807, 2.05) is 30.0 Å². The van der Waals surface area contributed by atoms with E-state index in [0.717, 1.165) is 22.3 Å². The molecule has 0 spiro atoms. The van der Waals surface area contributed by atoms with E-state index in [1.165, 1.54) is 0 Å². The first kappa shape index (κ1) is 14.0. The van der Waals surface area contributed by atoms with Gasteiger partial charge in [-0.15, -0.1) is 0 Å². The van der Waals surface area contributed by atoms with Crippen LogP contribution < -0.4 is 11.1 Å². The zero-order valence-electron chi connectivity index (χ0n) is 10.2. The highest BCUT2D eigenvalue weighted by atomic mass is 79.9. The topological polar surface area (TPSA) is 58.4 Å². The van der Waals surface area contributed by atoms with E-state index < -0.39 is 0 Å². The summed E-state index contributed by atoms with van der Waals surface area (Å²) in [6, 6.07) is 5.73. The van der Waals surface area contributed by atoms with Crippen molar-refractivity contribution in [2.45, 2.75) is 13.5 Å². The van der Waals surface area contributed by atoms with Gasteiger partial charge in [0.05, 0.1) is 6.54 Å². The van der Waals surface area contributed by atoms with Gasteiger partial charge in [-0.2, -0.15) is 0 Å². The molecule has 17 heavy (non-hydrogen) atoms. The molecule has 5 heteroatoms. The van der Waals surface area contributed by atoms with Crippen LogP contribution in [0.1, 0.15) is 12.5 Å². The number of hydrogen-bond acceptors (Lipinski definition) is 3. The van der Waals surface area contributed by atoms with Gasteiger partial charge >= 0.3 is 0 Å². The molecule has 0 aliphatic rings. The van der Waals surface area contributed by atoms with Crippen molar-refractivity contribution in [3.05, 3.63) is 28.2 Å². The van der Waals surface area contributed by atoms with Crippen LogP contribution >= 0.6 is 15.9 Å². The second-order valence-electron chi connectivity index (χ2n) is 3.78. The third-order valence-electron chi connectivity index (χ3n) is 2.63. The lowest BCUT2D eigenvalue weighted by atomic mass is 10.1. The smallest absolute Gasteiger partial charge is 0.233 e. The number of amides is 1. The minimum atomic E-state index is 0.0116. The van der Waals surface area contributed by atoms with Crippen LogP contribution in [0.3, 0.4) is 0 Å². The predicted octanol–water partition coefficient (Wildman–Crippen LogP) is 1.60. The van der Waals surface area contributed by atoms with Gasteiger partial charge in [-0.3, -0.25) is 9.69 Å². The van der Waals surface area contributed by atoms with E-state index in [4.69, 9.17) is 5.73 Å². The highest BCUT2D eigenvalue weighted by Gasteiger charge is 2.12. The van der Waals surface area contributed by atoms with Gasteiger partial charge < -0.3 is 11.1 Å². The minimum Gasteiger partial charge on any atom is -0.398 e. The Balaban J connectivity index is 2.77. The molecule has 0 radical (unpaired) electrons. The van der Waals surface area contributed by atoms with Crippen molar-refractivity contribution in [1.82, 2.24) is 10.2 Å². The summed E-state index contributed by atoms with van der Waals surface area (Å²) in [4.78, 5) is 13.4. The fourth-order valence-electron chi connectivity index (χ4n) is 1.53. The molecule has 1 aromatic rings. The SMILES string of the molecule is CCN(CC(=O)NC)Cc1c(N)cccc1Br. The molecule has 0 aliphatic carbocycles. The van der Waals surface area contributed by atoms with Crippen molar-refractivity contribution in [3.8, 4) is 0 Å². The highest BCUT2D eigenvalue weighted by molar-refractivity contribution is 9.10. The predicted molar refractivity (Wildman–Crippen MR) is 73.6 cm³/mol. The molecule has 0 atom stereocenters. The maximum Gasteiger partial charge on any atom is 0.233 e. The summed E-state index contributed by atoms with van der Waals surface area (Å²) in [5, 5.41) is 2.62. The van der Waals surface area contributed by atoms with Gasteiger partial charge in [-0.25, -0.2) is 0 Å². The van der Waals surface area contributed by atoms with Crippen LogP contribution in [0.2, 0.25) is 0 Å². The van der Waals surface area contributed by atoms with E-state index in [0.29, 0.717) is 13.1 Å². The van der Waals surface area contributed by atoms with Crippen LogP contribution in [-0.4, -0.2) is 30.9 Å². The van der Waals surface area contributed by atoms with Crippen LogP contribution in [0.5, 0.6) is 0 Å². The molecule has 0 saturated carbocycles. The monoisotopic (exact) mass is 299 g/mol. The quantitative estimate of drug-likeness (QED) is 0.812. The first-order valence-corrected chi connectivity index (χ1v) is 6.33. The summed E-state index contributed by atoms with van der Waals surface area (Å²) in [5.74, 6) is 0.0116. The standard InChI is InChI=1S/C12H18BrN3O/c1-3-16(8-12(17)15-2)7-9-10(13)5-4-6-11(9)14/h4-6H,3,7-8,14H2,1-2H3,(H,15,17). The number of nitrogens with two attached hydrogens (primary N) is 1. The number of nitrogens with one attached hydrogen (secondary N) is 1. The first-order chi connectivity index (χ1) is 8.08. The van der Waals surface area contributed by atoms with Gasteiger partial charge in [0.2, 0.25) is 5.91 Å². The molecule has 0 heterocycles. The molecule has 3 N–H and O–H groups in total. The number of nitrogens with zero attached hydrogens (tertiary/aromatic N) is 1. The molecule has 4 nitrogen and oxygen atoms in total. The van der Waals surface area contributed by atoms with Gasteiger partial charge in [0.25, 0.3) is 0 Å². The third kappa shape index (κ3) is 4.02. The average Bonchev–Trinajstić information content (AvgIpc) is 2.32. The second-order valence-corrected chi connectivity index (χ2v) is 4.64. The Bertz CT molecular complexity index is 375. The maximum absolute atomic E-state index is 11.3. The van der Waals surface area contributed by atoms with Crippen LogP contribution in [0.25, 0.3) is 0 Å². The Kier molecular flexibility index (Phi) is 5.44. The molecular formula is C12H18BrN3O. The molecular weight excluding hydrogens is 282 g/mol. The largest absolute Gasteiger partial charge is 0.398 e. The molecule has 0 aromatic heterocycles. The Morgan fingerprint density at radius 2 is 2.24 bits per heavy atom. The lowest BCUT2D eigenvalue weighted by molar-refractivity contribution is -0.121. The summed E-state index contributed by atoms with van der Waals surface area (Å²) >= 11 is 3.48. The molecule has 1 aromatic carbocycles. The van der Waals surface area contributed by atoms with Crippen molar-refractivity contribution >= 4 is 27.5 Å². The maximum atomic E-state index is 11.3. The van der Waals surface area contributed by atoms with E-state index in [9.17, 15) is 4.79 Å². The van der Waals surface area contributed by atoms with Crippen LogP contribution in [0, 0.1) is 0 Å². The third-order valence-corrected chi connectivity index (χ3v) is 3.37. The number of nitrogen functional groups attached to an aromatic ring is 1. The summed E-state index contributed by atoms with van der Waals surface area (Å²) in [6.45, 7) is 3.87. The fourth-order valence-corrected chi connectivity index (χ4v) is 2.03. The van der Waals surface area contributed by atoms with E-state index >= 15 is 0 Å². The van der Waals surface area contributed by atoms with Gasteiger partial charge in [0, 0.05) is 29.3 Å². The number of carbonyl (C=O) groups is 1. The summed E-state index contributed by atoms with van der Waals surface area (Å²) in [7, 11) is 1.64. The lowest BCUT2D eigenvalue weighted by Crippen LogP contribution is -2.35. The molecule has 1 amide bonds. The van der Waals surface area contributed by atoms with E-state index in [-0.39, 0.29) is 5.91 Å². The number of rotatable bonds is 5. The number of anilines is 1. The van der Waals surface area contributed by atoms with Crippen LogP contribution in [0.15, 0.2) is 22.7 Å². The summed E-state index contributed by atoms with van der Waals surface area (Å²) in [5.41, 5.74) is 7.70. The van der Waals surface area contributed by atoms with Crippen LogP contribution in [-0.2, 0) is 11.3 Å². The fraction of sp³-hybridized carbons (Fsp3) is 0.417. The van der Waals surface area contributed by atoms with E-state index in [2.05, 4.69) is 21.2 Å². The Hall–Kier alpha value is -1.07. The molecule has 0 saturated heterocycles. The number of carbonyl (C=O) groups excluding carboxylic acids is 1. The van der Waals surface area contributed by atoms with Crippen molar-refractivity contribution in [3.63, 3.8) is 0 Å². The van der Waals surface area contributed by atoms with Gasteiger partial charge in [-0.05, 0) is 18.7 Å². The number of benzene rings is 1. The zero-order valence-corrected chi connectivity index (χ0v) is 11.8. The van der Waals surface area contributed by atoms with Gasteiger partial charge in [-0.1, -0.05) is 28.9 Å². The zero-order chi connectivity index (χ0) is 12.8. The van der Waals surface area contributed by atoms with Gasteiger partial charge in [0.1, 0.15) is 0 Å². The average molecular weight is 300 g/mol. The molecule has 1 rings (SSSR count). The summed E-state index contributed by atoms with van der Waals surface area (Å²) in [6.07, 6.45) is 0. The number of likely N-dealkylation sites (N-methyl/N-ethyl adjacent to an activating group) is 2. The molecule has 0 unspecified atom stereocenters. The van der Waals surface area contributed by atoms with E-state index in [1.54, 1.807) is 7.05 Å². The van der Waals surface area contributed by atoms with Crippen molar-refractivity contribution in [2.75, 3.05) is 25.9 Å². The molecule has 0 fully saturated rings. The number of halogens is 1. The van der Waals surface area contributed by atoms with Crippen molar-refractivity contribution in [1.29, 1.82) is 0 Å². The van der Waals surface area contributed by atoms with Crippen molar-refractivity contribution in [2.24, 2.45) is 0 Å². The van der Waals surface area contributed by atoms with Gasteiger partial charge in [0.15, 0.2) is 0 Å².